The minimum atomic E-state index is -4.82. The number of fused-ring (bicyclic) bond motifs is 1. The monoisotopic (exact) mass is 607 g/mol. The lowest BCUT2D eigenvalue weighted by Crippen LogP contribution is -2.36. The average molecular weight is 608 g/mol. The predicted octanol–water partition coefficient (Wildman–Crippen LogP) is 5.20. The number of hydrogen-bond acceptors (Lipinski definition) is 7. The first kappa shape index (κ1) is 29.5. The van der Waals surface area contributed by atoms with Crippen LogP contribution < -0.4 is 25.9 Å². The van der Waals surface area contributed by atoms with Gasteiger partial charge in [-0.2, -0.15) is 4.68 Å². The maximum absolute atomic E-state index is 13.6. The summed E-state index contributed by atoms with van der Waals surface area (Å²) in [5.41, 5.74) is 2.57. The van der Waals surface area contributed by atoms with Gasteiger partial charge in [-0.15, -0.1) is 18.3 Å². The van der Waals surface area contributed by atoms with E-state index in [1.165, 1.54) is 17.7 Å². The maximum Gasteiger partial charge on any atom is 0.573 e. The van der Waals surface area contributed by atoms with E-state index < -0.39 is 12.1 Å². The molecule has 1 aliphatic heterocycles. The molecule has 2 aromatic carbocycles. The molecule has 0 spiro atoms. The molecule has 4 aromatic rings. The fourth-order valence-electron chi connectivity index (χ4n) is 6.04. The van der Waals surface area contributed by atoms with E-state index in [4.69, 9.17) is 4.74 Å². The van der Waals surface area contributed by atoms with Gasteiger partial charge >= 0.3 is 6.36 Å². The molecule has 9 nitrogen and oxygen atoms in total. The number of hydrogen-bond donors (Lipinski definition) is 1. The smallest absolute Gasteiger partial charge is 0.497 e. The predicted molar refractivity (Wildman–Crippen MR) is 159 cm³/mol. The molecule has 230 valence electrons. The van der Waals surface area contributed by atoms with Crippen LogP contribution in [0.3, 0.4) is 0 Å². The van der Waals surface area contributed by atoms with Crippen molar-refractivity contribution in [2.45, 2.75) is 57.6 Å². The number of nitrogens with zero attached hydrogens (tertiary/aromatic N) is 4. The van der Waals surface area contributed by atoms with Gasteiger partial charge in [0.05, 0.1) is 12.8 Å². The van der Waals surface area contributed by atoms with E-state index in [-0.39, 0.29) is 22.8 Å². The molecule has 1 saturated heterocycles. The molecule has 44 heavy (non-hydrogen) atoms. The zero-order chi connectivity index (χ0) is 30.8. The number of likely N-dealkylation sites (tertiary alicyclic amines) is 1. The van der Waals surface area contributed by atoms with Crippen LogP contribution in [-0.2, 0) is 25.9 Å². The van der Waals surface area contributed by atoms with Gasteiger partial charge in [-0.25, -0.2) is 0 Å². The summed E-state index contributed by atoms with van der Waals surface area (Å²) in [5, 5.41) is 7.70. The molecular formula is C32H32F3N5O4. The fourth-order valence-corrected chi connectivity index (χ4v) is 6.04. The largest absolute Gasteiger partial charge is 0.573 e. The average Bonchev–Trinajstić information content (AvgIpc) is 3.67. The second-order valence-electron chi connectivity index (χ2n) is 11.0. The summed E-state index contributed by atoms with van der Waals surface area (Å²) in [6, 6.07) is 16.6. The Labute approximate surface area is 251 Å². The number of alkyl halides is 3. The molecule has 0 saturated carbocycles. The second kappa shape index (κ2) is 12.2. The fraction of sp³-hybridized carbons (Fsp3) is 0.344. The number of halogens is 3. The highest BCUT2D eigenvalue weighted by Crippen LogP contribution is 2.28. The third-order valence-electron chi connectivity index (χ3n) is 8.19. The molecule has 0 amide bonds. The van der Waals surface area contributed by atoms with E-state index in [9.17, 15) is 22.8 Å². The molecule has 1 atom stereocenters. The lowest BCUT2D eigenvalue weighted by atomic mass is 10.1. The van der Waals surface area contributed by atoms with E-state index in [1.807, 2.05) is 18.2 Å². The number of methoxy groups -OCH3 is 1. The third-order valence-corrected chi connectivity index (χ3v) is 8.19. The second-order valence-corrected chi connectivity index (χ2v) is 11.0. The summed E-state index contributed by atoms with van der Waals surface area (Å²) in [7, 11) is 1.64. The van der Waals surface area contributed by atoms with Crippen molar-refractivity contribution in [2.75, 3.05) is 19.0 Å². The van der Waals surface area contributed by atoms with Crippen LogP contribution in [0.2, 0.25) is 0 Å². The van der Waals surface area contributed by atoms with Crippen LogP contribution in [0.5, 0.6) is 11.5 Å². The summed E-state index contributed by atoms with van der Waals surface area (Å²) >= 11 is 0. The number of pyridine rings is 1. The zero-order valence-corrected chi connectivity index (χ0v) is 24.1. The van der Waals surface area contributed by atoms with Crippen molar-refractivity contribution in [2.24, 2.45) is 0 Å². The lowest BCUT2D eigenvalue weighted by Gasteiger charge is -2.25. The Kier molecular flexibility index (Phi) is 8.17. The summed E-state index contributed by atoms with van der Waals surface area (Å²) in [6.45, 7) is 2.26. The van der Waals surface area contributed by atoms with Gasteiger partial charge in [0.1, 0.15) is 17.2 Å². The van der Waals surface area contributed by atoms with Crippen molar-refractivity contribution < 1.29 is 22.6 Å². The highest BCUT2D eigenvalue weighted by Gasteiger charge is 2.31. The molecular weight excluding hydrogens is 575 g/mol. The first-order valence-electron chi connectivity index (χ1n) is 14.5. The van der Waals surface area contributed by atoms with Crippen molar-refractivity contribution >= 4 is 11.5 Å². The van der Waals surface area contributed by atoms with Crippen molar-refractivity contribution in [1.82, 2.24) is 19.2 Å². The minimum Gasteiger partial charge on any atom is -0.497 e. The Hall–Kier alpha value is -4.58. The Morgan fingerprint density at radius 1 is 0.932 bits per heavy atom. The first-order valence-corrected chi connectivity index (χ1v) is 14.5. The molecule has 6 rings (SSSR count). The minimum absolute atomic E-state index is 0.193. The number of ether oxygens (including phenoxy) is 2. The SMILES string of the molecule is COc1ccc(CN2CCCC2Cn2cccc(Nc3nn(-c4ccc(OC(F)(F)F)cc4)c(=O)c4c3CCC4)c2=O)cc1. The van der Waals surface area contributed by atoms with Crippen molar-refractivity contribution in [3.63, 3.8) is 0 Å². The van der Waals surface area contributed by atoms with Gasteiger partial charge in [0, 0.05) is 36.5 Å². The summed E-state index contributed by atoms with van der Waals surface area (Å²) < 4.78 is 49.9. The molecule has 1 fully saturated rings. The zero-order valence-electron chi connectivity index (χ0n) is 24.1. The van der Waals surface area contributed by atoms with Crippen LogP contribution in [0, 0.1) is 0 Å². The molecule has 0 bridgehead atoms. The van der Waals surface area contributed by atoms with Crippen molar-refractivity contribution in [3.8, 4) is 17.2 Å². The molecule has 1 N–H and O–H groups in total. The Morgan fingerprint density at radius 2 is 1.66 bits per heavy atom. The van der Waals surface area contributed by atoms with Gasteiger partial charge < -0.3 is 19.4 Å². The van der Waals surface area contributed by atoms with Gasteiger partial charge in [-0.1, -0.05) is 12.1 Å². The van der Waals surface area contributed by atoms with Crippen LogP contribution in [0.25, 0.3) is 5.69 Å². The van der Waals surface area contributed by atoms with Crippen LogP contribution in [0.4, 0.5) is 24.7 Å². The first-order chi connectivity index (χ1) is 21.2. The number of rotatable bonds is 9. The molecule has 2 aliphatic rings. The quantitative estimate of drug-likeness (QED) is 0.280. The van der Waals surface area contributed by atoms with Crippen LogP contribution in [0.1, 0.15) is 36.0 Å². The van der Waals surface area contributed by atoms with Gasteiger partial charge in [-0.3, -0.25) is 14.5 Å². The van der Waals surface area contributed by atoms with Crippen LogP contribution in [0.15, 0.2) is 76.4 Å². The molecule has 1 aliphatic carbocycles. The number of aromatic nitrogens is 3. The maximum atomic E-state index is 13.6. The van der Waals surface area contributed by atoms with Gasteiger partial charge in [0.15, 0.2) is 5.82 Å². The molecule has 1 unspecified atom stereocenters. The van der Waals surface area contributed by atoms with E-state index in [1.54, 1.807) is 23.9 Å². The highest BCUT2D eigenvalue weighted by atomic mass is 19.4. The summed E-state index contributed by atoms with van der Waals surface area (Å²) in [5.74, 6) is 0.791. The van der Waals surface area contributed by atoms with Gasteiger partial charge in [0.25, 0.3) is 11.1 Å². The molecule has 12 heteroatoms. The Balaban J connectivity index is 1.24. The molecule has 0 radical (unpaired) electrons. The Bertz CT molecular complexity index is 1750. The number of nitrogens with one attached hydrogen (secondary N) is 1. The van der Waals surface area contributed by atoms with Crippen molar-refractivity contribution in [3.05, 3.63) is 104 Å². The van der Waals surface area contributed by atoms with E-state index in [0.29, 0.717) is 36.5 Å². The summed E-state index contributed by atoms with van der Waals surface area (Å²) in [6.07, 6.45) is 0.917. The molecule has 2 aromatic heterocycles. The summed E-state index contributed by atoms with van der Waals surface area (Å²) in [4.78, 5) is 29.3. The highest BCUT2D eigenvalue weighted by molar-refractivity contribution is 5.61. The van der Waals surface area contributed by atoms with Gasteiger partial charge in [-0.05, 0) is 92.7 Å². The third kappa shape index (κ3) is 6.35. The number of benzene rings is 2. The number of anilines is 2. The lowest BCUT2D eigenvalue weighted by molar-refractivity contribution is -0.274. The van der Waals surface area contributed by atoms with Crippen LogP contribution >= 0.6 is 0 Å². The van der Waals surface area contributed by atoms with E-state index in [0.717, 1.165) is 60.5 Å². The van der Waals surface area contributed by atoms with Crippen LogP contribution in [-0.4, -0.2) is 45.3 Å². The van der Waals surface area contributed by atoms with Crippen molar-refractivity contribution in [1.29, 1.82) is 0 Å². The Morgan fingerprint density at radius 3 is 2.39 bits per heavy atom. The topological polar surface area (TPSA) is 90.6 Å². The van der Waals surface area contributed by atoms with Gasteiger partial charge in [0.2, 0.25) is 0 Å². The normalized spacial score (nSPS) is 16.6. The van der Waals surface area contributed by atoms with E-state index >= 15 is 0 Å². The van der Waals surface area contributed by atoms with E-state index in [2.05, 4.69) is 32.2 Å². The molecule has 3 heterocycles. The standard InChI is InChI=1S/C32H32F3N5O4/c1-43-24-13-9-21(10-14-24)19-38-17-3-5-23(38)20-39-18-4-8-28(31(39)42)36-29-26-6-2-7-27(26)30(41)40(37-29)22-11-15-25(16-12-22)44-32(33,34)35/h4,8-16,18,23H,2-3,5-7,17,19-20H2,1H3,(H,36,37).